The van der Waals surface area contributed by atoms with Crippen LogP contribution in [0.3, 0.4) is 0 Å². The first kappa shape index (κ1) is 14.9. The predicted octanol–water partition coefficient (Wildman–Crippen LogP) is 2.43. The van der Waals surface area contributed by atoms with Crippen molar-refractivity contribution >= 4 is 5.91 Å². The summed E-state index contributed by atoms with van der Waals surface area (Å²) in [5.74, 6) is 0.807. The minimum Gasteiger partial charge on any atom is -0.494 e. The van der Waals surface area contributed by atoms with E-state index in [2.05, 4.69) is 0 Å². The smallest absolute Gasteiger partial charge is 0.254 e. The molecule has 2 rings (SSSR count). The summed E-state index contributed by atoms with van der Waals surface area (Å²) in [6.07, 6.45) is 3.20. The van der Waals surface area contributed by atoms with Crippen molar-refractivity contribution in [3.63, 3.8) is 0 Å². The lowest BCUT2D eigenvalue weighted by atomic mass is 9.96. The van der Waals surface area contributed by atoms with Crippen LogP contribution >= 0.6 is 0 Å². The van der Waals surface area contributed by atoms with Gasteiger partial charge in [-0.2, -0.15) is 0 Å². The summed E-state index contributed by atoms with van der Waals surface area (Å²) in [4.78, 5) is 14.6. The average molecular weight is 276 g/mol. The second-order valence-electron chi connectivity index (χ2n) is 5.38. The number of ether oxygens (including phenoxy) is 1. The highest BCUT2D eigenvalue weighted by Crippen LogP contribution is 2.23. The maximum absolute atomic E-state index is 12.7. The number of piperidine rings is 1. The van der Waals surface area contributed by atoms with Gasteiger partial charge in [0, 0.05) is 24.2 Å². The van der Waals surface area contributed by atoms with Crippen molar-refractivity contribution in [1.29, 1.82) is 0 Å². The van der Waals surface area contributed by atoms with E-state index in [0.717, 1.165) is 31.6 Å². The summed E-state index contributed by atoms with van der Waals surface area (Å²) >= 11 is 0. The van der Waals surface area contributed by atoms with E-state index in [1.54, 1.807) is 0 Å². The lowest BCUT2D eigenvalue weighted by Gasteiger charge is -2.38. The quantitative estimate of drug-likeness (QED) is 0.919. The van der Waals surface area contributed by atoms with E-state index in [1.807, 2.05) is 43.0 Å². The van der Waals surface area contributed by atoms with Gasteiger partial charge >= 0.3 is 0 Å². The number of nitrogens with zero attached hydrogens (tertiary/aromatic N) is 1. The normalized spacial score (nSPS) is 20.6. The standard InChI is InChI=1S/C16H24N2O2/c1-3-20-14-8-6-7-13(11-14)16(19)18-10-5-4-9-15(18)12(2)17/h6-8,11-12,15H,3-5,9-10,17H2,1-2H3. The molecular formula is C16H24N2O2. The molecule has 1 aromatic carbocycles. The second kappa shape index (κ2) is 6.75. The van der Waals surface area contributed by atoms with Crippen LogP contribution in [-0.2, 0) is 0 Å². The lowest BCUT2D eigenvalue weighted by molar-refractivity contribution is 0.0583. The summed E-state index contributed by atoms with van der Waals surface area (Å²) in [5.41, 5.74) is 6.72. The Morgan fingerprint density at radius 1 is 1.50 bits per heavy atom. The molecule has 0 aromatic heterocycles. The van der Waals surface area contributed by atoms with Crippen molar-refractivity contribution in [2.75, 3.05) is 13.2 Å². The van der Waals surface area contributed by atoms with Gasteiger partial charge in [-0.25, -0.2) is 0 Å². The molecule has 110 valence electrons. The second-order valence-corrected chi connectivity index (χ2v) is 5.38. The van der Waals surface area contributed by atoms with Crippen molar-refractivity contribution in [3.8, 4) is 5.75 Å². The first-order valence-corrected chi connectivity index (χ1v) is 7.43. The number of hydrogen-bond acceptors (Lipinski definition) is 3. The summed E-state index contributed by atoms with van der Waals surface area (Å²) in [5, 5.41) is 0. The minimum absolute atomic E-state index is 0.00863. The fourth-order valence-electron chi connectivity index (χ4n) is 2.81. The highest BCUT2D eigenvalue weighted by molar-refractivity contribution is 5.95. The SMILES string of the molecule is CCOc1cccc(C(=O)N2CCCCC2C(C)N)c1. The molecule has 0 spiro atoms. The Kier molecular flexibility index (Phi) is 5.01. The molecule has 2 N–H and O–H groups in total. The van der Waals surface area contributed by atoms with Gasteiger partial charge in [0.2, 0.25) is 0 Å². The fourth-order valence-corrected chi connectivity index (χ4v) is 2.81. The van der Waals surface area contributed by atoms with Gasteiger partial charge in [-0.3, -0.25) is 4.79 Å². The molecule has 1 amide bonds. The zero-order valence-corrected chi connectivity index (χ0v) is 12.3. The molecule has 2 unspecified atom stereocenters. The maximum atomic E-state index is 12.7. The topological polar surface area (TPSA) is 55.6 Å². The minimum atomic E-state index is 0.00863. The van der Waals surface area contributed by atoms with Crippen molar-refractivity contribution in [2.24, 2.45) is 5.73 Å². The maximum Gasteiger partial charge on any atom is 0.254 e. The van der Waals surface area contributed by atoms with Crippen LogP contribution in [0.15, 0.2) is 24.3 Å². The molecule has 1 heterocycles. The van der Waals surface area contributed by atoms with Crippen molar-refractivity contribution in [1.82, 2.24) is 4.90 Å². The Labute approximate surface area is 120 Å². The Morgan fingerprint density at radius 2 is 2.30 bits per heavy atom. The number of nitrogens with two attached hydrogens (primary N) is 1. The number of carbonyl (C=O) groups excluding carboxylic acids is 1. The number of benzene rings is 1. The molecule has 0 bridgehead atoms. The third kappa shape index (κ3) is 3.31. The lowest BCUT2D eigenvalue weighted by Crippen LogP contribution is -2.51. The van der Waals surface area contributed by atoms with Crippen LogP contribution in [0.1, 0.15) is 43.5 Å². The number of carbonyl (C=O) groups is 1. The van der Waals surface area contributed by atoms with Gasteiger partial charge in [-0.15, -0.1) is 0 Å². The zero-order chi connectivity index (χ0) is 14.5. The van der Waals surface area contributed by atoms with Crippen LogP contribution < -0.4 is 10.5 Å². The zero-order valence-electron chi connectivity index (χ0n) is 12.3. The Hall–Kier alpha value is -1.55. The van der Waals surface area contributed by atoms with Crippen LogP contribution in [0.4, 0.5) is 0 Å². The van der Waals surface area contributed by atoms with E-state index in [9.17, 15) is 4.79 Å². The summed E-state index contributed by atoms with van der Waals surface area (Å²) in [7, 11) is 0. The van der Waals surface area contributed by atoms with E-state index >= 15 is 0 Å². The van der Waals surface area contributed by atoms with Crippen LogP contribution in [0, 0.1) is 0 Å². The molecule has 1 fully saturated rings. The van der Waals surface area contributed by atoms with Gasteiger partial charge in [-0.05, 0) is 51.3 Å². The van der Waals surface area contributed by atoms with E-state index in [4.69, 9.17) is 10.5 Å². The van der Waals surface area contributed by atoms with Crippen LogP contribution in [0.25, 0.3) is 0 Å². The van der Waals surface area contributed by atoms with Gasteiger partial charge in [0.05, 0.1) is 6.61 Å². The molecule has 1 aliphatic heterocycles. The summed E-state index contributed by atoms with van der Waals surface area (Å²) in [6, 6.07) is 7.56. The fraction of sp³-hybridized carbons (Fsp3) is 0.562. The molecule has 1 aliphatic rings. The molecule has 20 heavy (non-hydrogen) atoms. The van der Waals surface area contributed by atoms with Gasteiger partial charge in [-0.1, -0.05) is 6.07 Å². The van der Waals surface area contributed by atoms with Crippen molar-refractivity contribution < 1.29 is 9.53 Å². The molecule has 2 atom stereocenters. The molecule has 0 saturated carbocycles. The highest BCUT2D eigenvalue weighted by Gasteiger charge is 2.29. The van der Waals surface area contributed by atoms with Crippen molar-refractivity contribution in [3.05, 3.63) is 29.8 Å². The number of hydrogen-bond donors (Lipinski definition) is 1. The first-order valence-electron chi connectivity index (χ1n) is 7.43. The van der Waals surface area contributed by atoms with Crippen molar-refractivity contribution in [2.45, 2.75) is 45.2 Å². The summed E-state index contributed by atoms with van der Waals surface area (Å²) in [6.45, 7) is 5.31. The molecule has 1 aromatic rings. The predicted molar refractivity (Wildman–Crippen MR) is 79.9 cm³/mol. The largest absolute Gasteiger partial charge is 0.494 e. The average Bonchev–Trinajstić information content (AvgIpc) is 2.47. The number of amides is 1. The Balaban J connectivity index is 2.18. The Bertz CT molecular complexity index is 460. The molecule has 0 radical (unpaired) electrons. The van der Waals surface area contributed by atoms with Crippen LogP contribution in [0.5, 0.6) is 5.75 Å². The Morgan fingerprint density at radius 3 is 3.00 bits per heavy atom. The number of likely N-dealkylation sites (tertiary alicyclic amines) is 1. The third-order valence-corrected chi connectivity index (χ3v) is 3.81. The third-order valence-electron chi connectivity index (χ3n) is 3.81. The number of rotatable bonds is 4. The van der Waals surface area contributed by atoms with Gasteiger partial charge in [0.15, 0.2) is 0 Å². The van der Waals surface area contributed by atoms with Crippen LogP contribution in [0.2, 0.25) is 0 Å². The monoisotopic (exact) mass is 276 g/mol. The highest BCUT2D eigenvalue weighted by atomic mass is 16.5. The molecule has 4 nitrogen and oxygen atoms in total. The van der Waals surface area contributed by atoms with Gasteiger partial charge in [0.25, 0.3) is 5.91 Å². The van der Waals surface area contributed by atoms with Gasteiger partial charge < -0.3 is 15.4 Å². The van der Waals surface area contributed by atoms with Gasteiger partial charge in [0.1, 0.15) is 5.75 Å². The summed E-state index contributed by atoms with van der Waals surface area (Å²) < 4.78 is 5.46. The van der Waals surface area contributed by atoms with E-state index in [0.29, 0.717) is 12.2 Å². The molecule has 4 heteroatoms. The van der Waals surface area contributed by atoms with E-state index in [-0.39, 0.29) is 18.0 Å². The van der Waals surface area contributed by atoms with E-state index < -0.39 is 0 Å². The molecule has 0 aliphatic carbocycles. The van der Waals surface area contributed by atoms with E-state index in [1.165, 1.54) is 0 Å². The first-order chi connectivity index (χ1) is 9.63. The molecular weight excluding hydrogens is 252 g/mol. The molecule has 1 saturated heterocycles. The van der Waals surface area contributed by atoms with Crippen LogP contribution in [-0.4, -0.2) is 36.0 Å².